The maximum Gasteiger partial charge on any atom is 0.193 e. The van der Waals surface area contributed by atoms with Gasteiger partial charge in [-0.15, -0.1) is 0 Å². The van der Waals surface area contributed by atoms with E-state index in [0.717, 1.165) is 19.0 Å². The van der Waals surface area contributed by atoms with Gasteiger partial charge >= 0.3 is 0 Å². The van der Waals surface area contributed by atoms with Crippen molar-refractivity contribution in [2.75, 3.05) is 45.5 Å². The summed E-state index contributed by atoms with van der Waals surface area (Å²) in [5, 5.41) is 3.49. The molecule has 0 aromatic rings. The van der Waals surface area contributed by atoms with Gasteiger partial charge in [-0.25, -0.2) is 8.42 Å². The van der Waals surface area contributed by atoms with Crippen molar-refractivity contribution in [3.63, 3.8) is 0 Å². The zero-order valence-electron chi connectivity index (χ0n) is 15.9. The van der Waals surface area contributed by atoms with E-state index in [1.54, 1.807) is 7.05 Å². The van der Waals surface area contributed by atoms with Crippen LogP contribution in [0.3, 0.4) is 0 Å². The van der Waals surface area contributed by atoms with Gasteiger partial charge in [-0.3, -0.25) is 4.99 Å². The van der Waals surface area contributed by atoms with Crippen molar-refractivity contribution in [3.05, 3.63) is 0 Å². The fourth-order valence-corrected chi connectivity index (χ4v) is 4.99. The molecule has 0 amide bonds. The molecule has 0 aromatic heterocycles. The number of rotatable bonds is 3. The third kappa shape index (κ3) is 4.42. The van der Waals surface area contributed by atoms with Crippen LogP contribution < -0.4 is 5.32 Å². The molecule has 1 atom stereocenters. The molecule has 2 aliphatic rings. The Morgan fingerprint density at radius 2 is 2.04 bits per heavy atom. The molecule has 2 heterocycles. The first-order valence-corrected chi connectivity index (χ1v) is 10.7. The van der Waals surface area contributed by atoms with E-state index in [9.17, 15) is 8.42 Å². The Morgan fingerprint density at radius 1 is 1.33 bits per heavy atom. The predicted octanol–water partition coefficient (Wildman–Crippen LogP) is 1.19. The Labute approximate surface area is 147 Å². The van der Waals surface area contributed by atoms with Crippen LogP contribution in [0.15, 0.2) is 4.99 Å². The van der Waals surface area contributed by atoms with Crippen molar-refractivity contribution in [1.82, 2.24) is 15.1 Å². The average Bonchev–Trinajstić information content (AvgIpc) is 2.51. The molecule has 6 nitrogen and oxygen atoms in total. The Kier molecular flexibility index (Phi) is 6.18. The normalized spacial score (nSPS) is 28.2. The van der Waals surface area contributed by atoms with Crippen molar-refractivity contribution in [1.29, 1.82) is 0 Å². The summed E-state index contributed by atoms with van der Waals surface area (Å²) in [7, 11) is -1.24. The molecular weight excluding hydrogens is 324 g/mol. The van der Waals surface area contributed by atoms with E-state index in [2.05, 4.69) is 34.0 Å². The zero-order valence-corrected chi connectivity index (χ0v) is 16.7. The van der Waals surface area contributed by atoms with Crippen LogP contribution in [0.2, 0.25) is 0 Å². The van der Waals surface area contributed by atoms with E-state index in [1.165, 1.54) is 19.4 Å². The quantitative estimate of drug-likeness (QED) is 0.606. The first-order valence-electron chi connectivity index (χ1n) is 9.08. The molecule has 2 fully saturated rings. The largest absolute Gasteiger partial charge is 0.356 e. The Bertz CT molecular complexity index is 557. The summed E-state index contributed by atoms with van der Waals surface area (Å²) < 4.78 is 23.6. The lowest BCUT2D eigenvalue weighted by Crippen LogP contribution is -2.57. The summed E-state index contributed by atoms with van der Waals surface area (Å²) in [6.07, 6.45) is 2.49. The second-order valence-corrected chi connectivity index (χ2v) is 10.8. The van der Waals surface area contributed by atoms with Gasteiger partial charge in [-0.05, 0) is 53.0 Å². The van der Waals surface area contributed by atoms with E-state index in [-0.39, 0.29) is 5.75 Å². The predicted molar refractivity (Wildman–Crippen MR) is 100 cm³/mol. The lowest BCUT2D eigenvalue weighted by molar-refractivity contribution is 0.140. The molecule has 2 rings (SSSR count). The molecule has 7 heteroatoms. The number of sulfone groups is 1. The van der Waals surface area contributed by atoms with Crippen molar-refractivity contribution in [2.24, 2.45) is 10.9 Å². The van der Waals surface area contributed by atoms with E-state index in [1.807, 2.05) is 13.8 Å². The summed E-state index contributed by atoms with van der Waals surface area (Å²) in [5.41, 5.74) is 0. The van der Waals surface area contributed by atoms with Gasteiger partial charge in [0, 0.05) is 39.3 Å². The second kappa shape index (κ2) is 7.60. The molecule has 24 heavy (non-hydrogen) atoms. The average molecular weight is 359 g/mol. The highest BCUT2D eigenvalue weighted by atomic mass is 32.2. The summed E-state index contributed by atoms with van der Waals surface area (Å²) in [6.45, 7) is 12.4. The van der Waals surface area contributed by atoms with E-state index in [0.29, 0.717) is 25.0 Å². The van der Waals surface area contributed by atoms with Crippen molar-refractivity contribution >= 4 is 15.8 Å². The Hall–Kier alpha value is -0.820. The molecule has 1 N–H and O–H groups in total. The van der Waals surface area contributed by atoms with Gasteiger partial charge < -0.3 is 15.1 Å². The highest BCUT2D eigenvalue weighted by Gasteiger charge is 2.41. The van der Waals surface area contributed by atoms with Crippen LogP contribution in [0, 0.1) is 5.92 Å². The third-order valence-electron chi connectivity index (χ3n) is 5.38. The molecule has 0 saturated carbocycles. The zero-order chi connectivity index (χ0) is 18.0. The molecule has 2 aliphatic heterocycles. The minimum absolute atomic E-state index is 0.200. The fourth-order valence-electron chi connectivity index (χ4n) is 3.63. The molecular formula is C17H34N4O2S. The summed E-state index contributed by atoms with van der Waals surface area (Å²) in [5.74, 6) is 1.66. The van der Waals surface area contributed by atoms with E-state index >= 15 is 0 Å². The van der Waals surface area contributed by atoms with Crippen LogP contribution in [0.4, 0.5) is 0 Å². The highest BCUT2D eigenvalue weighted by molar-refractivity contribution is 7.92. The van der Waals surface area contributed by atoms with Gasteiger partial charge in [0.05, 0.1) is 10.5 Å². The van der Waals surface area contributed by atoms with Gasteiger partial charge in [0.25, 0.3) is 0 Å². The van der Waals surface area contributed by atoms with Crippen molar-refractivity contribution in [2.45, 2.75) is 51.3 Å². The van der Waals surface area contributed by atoms with Crippen molar-refractivity contribution < 1.29 is 8.42 Å². The number of guanidine groups is 1. The standard InChI is InChI=1S/C17H34N4O2S/c1-14(2)20-8-6-7-15(12-20)11-19-16(18-5)21-9-10-24(22,23)17(3,4)13-21/h14-15H,6-13H2,1-5H3,(H,18,19). The van der Waals surface area contributed by atoms with Crippen LogP contribution in [0.5, 0.6) is 0 Å². The molecule has 0 aliphatic carbocycles. The van der Waals surface area contributed by atoms with Crippen LogP contribution >= 0.6 is 0 Å². The van der Waals surface area contributed by atoms with Crippen LogP contribution in [0.25, 0.3) is 0 Å². The number of piperidine rings is 1. The van der Waals surface area contributed by atoms with Gasteiger partial charge in [0.1, 0.15) is 0 Å². The molecule has 0 spiro atoms. The van der Waals surface area contributed by atoms with Gasteiger partial charge in [0.2, 0.25) is 0 Å². The molecule has 0 bridgehead atoms. The molecule has 2 saturated heterocycles. The number of nitrogens with zero attached hydrogens (tertiary/aromatic N) is 3. The molecule has 0 aromatic carbocycles. The first-order chi connectivity index (χ1) is 11.2. The monoisotopic (exact) mass is 358 g/mol. The topological polar surface area (TPSA) is 65.0 Å². The molecule has 1 unspecified atom stereocenters. The van der Waals surface area contributed by atoms with Gasteiger partial charge in [-0.1, -0.05) is 0 Å². The number of aliphatic imine (C=N–C) groups is 1. The van der Waals surface area contributed by atoms with Gasteiger partial charge in [0.15, 0.2) is 15.8 Å². The summed E-state index contributed by atoms with van der Waals surface area (Å²) in [6, 6.07) is 0.597. The maximum atomic E-state index is 12.2. The first kappa shape index (κ1) is 19.5. The lowest BCUT2D eigenvalue weighted by atomic mass is 9.97. The smallest absolute Gasteiger partial charge is 0.193 e. The fraction of sp³-hybridized carbons (Fsp3) is 0.941. The van der Waals surface area contributed by atoms with E-state index in [4.69, 9.17) is 0 Å². The third-order valence-corrected chi connectivity index (χ3v) is 7.92. The number of likely N-dealkylation sites (tertiary alicyclic amines) is 1. The van der Waals surface area contributed by atoms with Gasteiger partial charge in [-0.2, -0.15) is 0 Å². The number of nitrogens with one attached hydrogen (secondary N) is 1. The maximum absolute atomic E-state index is 12.2. The second-order valence-electron chi connectivity index (χ2n) is 8.03. The highest BCUT2D eigenvalue weighted by Crippen LogP contribution is 2.24. The minimum Gasteiger partial charge on any atom is -0.356 e. The summed E-state index contributed by atoms with van der Waals surface area (Å²) in [4.78, 5) is 9.01. The Balaban J connectivity index is 1.91. The minimum atomic E-state index is -3.02. The van der Waals surface area contributed by atoms with E-state index < -0.39 is 14.6 Å². The lowest BCUT2D eigenvalue weighted by Gasteiger charge is -2.40. The SMILES string of the molecule is CN=C(NCC1CCCN(C(C)C)C1)N1CCS(=O)(=O)C(C)(C)C1. The molecule has 140 valence electrons. The van der Waals surface area contributed by atoms with Crippen molar-refractivity contribution in [3.8, 4) is 0 Å². The Morgan fingerprint density at radius 3 is 2.62 bits per heavy atom. The number of hydrogen-bond donors (Lipinski definition) is 1. The summed E-state index contributed by atoms with van der Waals surface area (Å²) >= 11 is 0. The van der Waals surface area contributed by atoms with Crippen LogP contribution in [-0.4, -0.2) is 80.5 Å². The van der Waals surface area contributed by atoms with Crippen LogP contribution in [0.1, 0.15) is 40.5 Å². The number of hydrogen-bond acceptors (Lipinski definition) is 4. The van der Waals surface area contributed by atoms with Crippen LogP contribution in [-0.2, 0) is 9.84 Å². The molecule has 0 radical (unpaired) electrons.